The summed E-state index contributed by atoms with van der Waals surface area (Å²) < 4.78 is 9.42. The molecule has 5 heteroatoms. The second kappa shape index (κ2) is 4.43. The molecule has 1 heterocycles. The number of hydrogen-bond donors (Lipinski definition) is 1. The van der Waals surface area contributed by atoms with Gasteiger partial charge in [0.05, 0.1) is 0 Å². The van der Waals surface area contributed by atoms with Crippen molar-refractivity contribution in [2.45, 2.75) is 38.5 Å². The first-order valence-electron chi connectivity index (χ1n) is 4.35. The predicted octanol–water partition coefficient (Wildman–Crippen LogP) is 0.748. The molecule has 0 aromatic rings. The molecular weight excluding hydrogens is 351 g/mol. The van der Waals surface area contributed by atoms with Crippen LogP contribution in [0.4, 0.5) is 0 Å². The van der Waals surface area contributed by atoms with Crippen LogP contribution in [0.15, 0.2) is 3.50 Å². The third-order valence-corrected chi connectivity index (χ3v) is 3.08. The van der Waals surface area contributed by atoms with E-state index in [1.165, 1.54) is 6.92 Å². The Kier molecular flexibility index (Phi) is 3.74. The minimum atomic E-state index is -0.467. The zero-order chi connectivity index (χ0) is 9.90. The number of ether oxygens (including phenoxy) is 1. The van der Waals surface area contributed by atoms with E-state index in [4.69, 9.17) is 4.74 Å². The third kappa shape index (κ3) is 2.68. The average molecular weight is 365 g/mol. The van der Waals surface area contributed by atoms with Crippen molar-refractivity contribution in [3.63, 3.8) is 0 Å². The van der Waals surface area contributed by atoms with E-state index in [-0.39, 0.29) is 12.0 Å². The molecule has 78 valence electrons. The van der Waals surface area contributed by atoms with E-state index in [0.717, 1.165) is 19.4 Å². The standard InChI is InChI=1S/C8H14N2O2.Pt/c1-3-8(12-6(2)11)4-7(9)5-10-8;/h7,10H,3-5H2,1-2H3;/t7-,8+;/m0./s1. The molecule has 0 aliphatic carbocycles. The van der Waals surface area contributed by atoms with E-state index in [1.54, 1.807) is 0 Å². The fourth-order valence-corrected chi connectivity index (χ4v) is 2.00. The number of nitrogens with one attached hydrogen (secondary N) is 1. The monoisotopic (exact) mass is 365 g/mol. The Hall–Kier alpha value is -0.0817. The molecule has 0 radical (unpaired) electrons. The van der Waals surface area contributed by atoms with Gasteiger partial charge in [-0.3, -0.25) is 0 Å². The zero-order valence-corrected chi connectivity index (χ0v) is 10.1. The zero-order valence-electron chi connectivity index (χ0n) is 7.78. The van der Waals surface area contributed by atoms with Crippen molar-refractivity contribution in [3.05, 3.63) is 0 Å². The molecule has 1 rings (SSSR count). The third-order valence-electron chi connectivity index (χ3n) is 2.25. The van der Waals surface area contributed by atoms with Crippen molar-refractivity contribution in [2.24, 2.45) is 3.50 Å². The van der Waals surface area contributed by atoms with E-state index < -0.39 is 5.72 Å². The van der Waals surface area contributed by atoms with Crippen LogP contribution < -0.4 is 5.32 Å². The first kappa shape index (κ1) is 11.0. The fraction of sp³-hybridized carbons (Fsp3) is 0.875. The van der Waals surface area contributed by atoms with E-state index in [9.17, 15) is 4.79 Å². The van der Waals surface area contributed by atoms with Gasteiger partial charge in [-0.1, -0.05) is 0 Å². The number of hydrogen-bond acceptors (Lipinski definition) is 4. The fourth-order valence-electron chi connectivity index (χ4n) is 1.58. The van der Waals surface area contributed by atoms with E-state index in [0.29, 0.717) is 0 Å². The molecule has 0 spiro atoms. The Bertz CT molecular complexity index is 222. The molecule has 1 fully saturated rings. The maximum atomic E-state index is 10.9. The van der Waals surface area contributed by atoms with Crippen LogP contribution in [0.5, 0.6) is 0 Å². The van der Waals surface area contributed by atoms with Gasteiger partial charge >= 0.3 is 88.9 Å². The number of nitrogens with zero attached hydrogens (tertiary/aromatic N) is 1. The summed E-state index contributed by atoms with van der Waals surface area (Å²) >= 11 is 1.99. The van der Waals surface area contributed by atoms with E-state index in [1.807, 2.05) is 26.6 Å². The molecule has 4 nitrogen and oxygen atoms in total. The molecule has 0 aromatic heterocycles. The average Bonchev–Trinajstić information content (AvgIpc) is 2.48. The molecule has 0 bridgehead atoms. The molecule has 0 saturated carbocycles. The van der Waals surface area contributed by atoms with Gasteiger partial charge in [0.15, 0.2) is 0 Å². The molecule has 1 aliphatic rings. The van der Waals surface area contributed by atoms with Crippen LogP contribution in [-0.4, -0.2) is 24.3 Å². The van der Waals surface area contributed by atoms with Crippen LogP contribution in [0, 0.1) is 0 Å². The van der Waals surface area contributed by atoms with Crippen molar-refractivity contribution in [2.75, 3.05) is 6.54 Å². The summed E-state index contributed by atoms with van der Waals surface area (Å²) in [6, 6.07) is 0.265. The first-order chi connectivity index (χ1) is 6.12. The minimum absolute atomic E-state index is 0.233. The number of carbonyl (C=O) groups is 1. The van der Waals surface area contributed by atoms with Gasteiger partial charge in [0.2, 0.25) is 0 Å². The molecular formula is C8H14N2O2Pt. The summed E-state index contributed by atoms with van der Waals surface area (Å²) in [5.74, 6) is -0.233. The Morgan fingerprint density at radius 1 is 1.85 bits per heavy atom. The predicted molar refractivity (Wildman–Crippen MR) is 43.6 cm³/mol. The van der Waals surface area contributed by atoms with Crippen LogP contribution in [0.1, 0.15) is 26.7 Å². The summed E-state index contributed by atoms with van der Waals surface area (Å²) in [6.45, 7) is 4.24. The normalized spacial score (nSPS) is 33.1. The number of carbonyl (C=O) groups excluding carboxylic acids is 1. The van der Waals surface area contributed by atoms with Gasteiger partial charge in [-0.25, -0.2) is 0 Å². The van der Waals surface area contributed by atoms with Gasteiger partial charge in [-0.15, -0.1) is 0 Å². The van der Waals surface area contributed by atoms with Crippen molar-refractivity contribution in [3.8, 4) is 0 Å². The summed E-state index contributed by atoms with van der Waals surface area (Å²) in [5, 5.41) is 3.21. The molecule has 13 heavy (non-hydrogen) atoms. The Labute approximate surface area is 89.2 Å². The van der Waals surface area contributed by atoms with Gasteiger partial charge in [0.1, 0.15) is 0 Å². The van der Waals surface area contributed by atoms with Gasteiger partial charge in [0.25, 0.3) is 0 Å². The maximum absolute atomic E-state index is 10.9. The van der Waals surface area contributed by atoms with E-state index >= 15 is 0 Å². The summed E-state index contributed by atoms with van der Waals surface area (Å²) in [6.07, 6.45) is 1.57. The molecule has 0 unspecified atom stereocenters. The quantitative estimate of drug-likeness (QED) is 0.751. The Morgan fingerprint density at radius 2 is 2.54 bits per heavy atom. The molecule has 1 aliphatic heterocycles. The van der Waals surface area contributed by atoms with Crippen LogP contribution in [0.3, 0.4) is 0 Å². The molecule has 0 amide bonds. The summed E-state index contributed by atoms with van der Waals surface area (Å²) in [7, 11) is 0. The van der Waals surface area contributed by atoms with Crippen molar-refractivity contribution < 1.29 is 29.2 Å². The summed E-state index contributed by atoms with van der Waals surface area (Å²) in [4.78, 5) is 10.9. The van der Waals surface area contributed by atoms with Gasteiger partial charge in [-0.05, 0) is 0 Å². The molecule has 0 aromatic carbocycles. The van der Waals surface area contributed by atoms with Crippen LogP contribution in [0.25, 0.3) is 0 Å². The van der Waals surface area contributed by atoms with Crippen molar-refractivity contribution in [1.82, 2.24) is 5.32 Å². The van der Waals surface area contributed by atoms with Gasteiger partial charge in [-0.2, -0.15) is 0 Å². The summed E-state index contributed by atoms with van der Waals surface area (Å²) in [5.41, 5.74) is -0.467. The van der Waals surface area contributed by atoms with E-state index in [2.05, 4.69) is 8.81 Å². The van der Waals surface area contributed by atoms with Crippen LogP contribution >= 0.6 is 0 Å². The van der Waals surface area contributed by atoms with Crippen molar-refractivity contribution in [1.29, 1.82) is 0 Å². The second-order valence-electron chi connectivity index (χ2n) is 3.26. The van der Waals surface area contributed by atoms with Gasteiger partial charge in [0, 0.05) is 0 Å². The number of rotatable bonds is 3. The molecule has 1 saturated heterocycles. The second-order valence-corrected chi connectivity index (χ2v) is 3.85. The molecule has 2 atom stereocenters. The molecule has 1 N–H and O–H groups in total. The van der Waals surface area contributed by atoms with Crippen LogP contribution in [-0.2, 0) is 29.2 Å². The van der Waals surface area contributed by atoms with Crippen molar-refractivity contribution >= 4 is 5.97 Å². The first-order valence-corrected chi connectivity index (χ1v) is 5.36. The number of esters is 1. The Balaban J connectivity index is 2.61. The SMILES string of the molecule is CC[C@@]1(OC(C)=O)C[C@H]([N]=[Pt])CN1. The van der Waals surface area contributed by atoms with Crippen LogP contribution in [0.2, 0.25) is 0 Å². The Morgan fingerprint density at radius 3 is 2.92 bits per heavy atom. The topological polar surface area (TPSA) is 50.7 Å². The van der Waals surface area contributed by atoms with Gasteiger partial charge < -0.3 is 0 Å².